The van der Waals surface area contributed by atoms with E-state index in [-0.39, 0.29) is 5.60 Å². The summed E-state index contributed by atoms with van der Waals surface area (Å²) in [6.07, 6.45) is 8.96. The molecule has 98 valence electrons. The molecular formula is C14H26N2O. The van der Waals surface area contributed by atoms with Crippen LogP contribution >= 0.6 is 0 Å². The van der Waals surface area contributed by atoms with Crippen LogP contribution in [-0.4, -0.2) is 41.8 Å². The van der Waals surface area contributed by atoms with Crippen LogP contribution in [0.5, 0.6) is 0 Å². The van der Waals surface area contributed by atoms with E-state index >= 15 is 0 Å². The first-order valence-electron chi connectivity index (χ1n) is 7.32. The highest BCUT2D eigenvalue weighted by Gasteiger charge is 2.41. The van der Waals surface area contributed by atoms with E-state index in [1.54, 1.807) is 0 Å². The predicted molar refractivity (Wildman–Crippen MR) is 68.9 cm³/mol. The molecular weight excluding hydrogens is 212 g/mol. The lowest BCUT2D eigenvalue weighted by atomic mass is 9.81. The number of rotatable bonds is 2. The van der Waals surface area contributed by atoms with E-state index in [0.29, 0.717) is 6.04 Å². The fourth-order valence-electron chi connectivity index (χ4n) is 4.13. The zero-order chi connectivity index (χ0) is 11.9. The molecule has 3 atom stereocenters. The smallest absolute Gasteiger partial charge is 0.0781 e. The van der Waals surface area contributed by atoms with Crippen LogP contribution in [0.3, 0.4) is 0 Å². The Morgan fingerprint density at radius 2 is 1.94 bits per heavy atom. The van der Waals surface area contributed by atoms with Gasteiger partial charge in [-0.1, -0.05) is 6.42 Å². The van der Waals surface area contributed by atoms with Crippen LogP contribution in [0.2, 0.25) is 0 Å². The lowest BCUT2D eigenvalue weighted by molar-refractivity contribution is -0.0584. The highest BCUT2D eigenvalue weighted by atomic mass is 16.5. The maximum Gasteiger partial charge on any atom is 0.0781 e. The Bertz CT molecular complexity index is 261. The fraction of sp³-hybridized carbons (Fsp3) is 1.00. The van der Waals surface area contributed by atoms with Crippen LogP contribution in [-0.2, 0) is 4.74 Å². The summed E-state index contributed by atoms with van der Waals surface area (Å²) >= 11 is 0. The van der Waals surface area contributed by atoms with E-state index in [0.717, 1.165) is 25.2 Å². The van der Waals surface area contributed by atoms with Crippen molar-refractivity contribution in [2.75, 3.05) is 13.2 Å². The van der Waals surface area contributed by atoms with Crippen molar-refractivity contribution < 1.29 is 4.74 Å². The average molecular weight is 238 g/mol. The van der Waals surface area contributed by atoms with Gasteiger partial charge in [-0.2, -0.15) is 0 Å². The van der Waals surface area contributed by atoms with Crippen molar-refractivity contribution in [3.63, 3.8) is 0 Å². The summed E-state index contributed by atoms with van der Waals surface area (Å²) < 4.78 is 5.96. The molecule has 0 radical (unpaired) electrons. The van der Waals surface area contributed by atoms with Crippen LogP contribution in [0.15, 0.2) is 0 Å². The van der Waals surface area contributed by atoms with Crippen molar-refractivity contribution in [3.05, 3.63) is 0 Å². The molecule has 0 aliphatic carbocycles. The number of hydrogen-bond acceptors (Lipinski definition) is 3. The lowest BCUT2D eigenvalue weighted by Crippen LogP contribution is -2.58. The van der Waals surface area contributed by atoms with Gasteiger partial charge in [0.15, 0.2) is 0 Å². The summed E-state index contributed by atoms with van der Waals surface area (Å²) in [5, 5.41) is 0. The van der Waals surface area contributed by atoms with Crippen LogP contribution in [0.1, 0.15) is 51.9 Å². The van der Waals surface area contributed by atoms with E-state index in [4.69, 9.17) is 10.5 Å². The molecule has 3 unspecified atom stereocenters. The van der Waals surface area contributed by atoms with Gasteiger partial charge in [0.05, 0.1) is 5.60 Å². The molecule has 3 rings (SSSR count). The molecule has 3 heteroatoms. The van der Waals surface area contributed by atoms with E-state index in [9.17, 15) is 0 Å². The first kappa shape index (κ1) is 11.9. The van der Waals surface area contributed by atoms with E-state index < -0.39 is 0 Å². The van der Waals surface area contributed by atoms with Gasteiger partial charge in [0.1, 0.15) is 0 Å². The molecule has 3 fully saturated rings. The summed E-state index contributed by atoms with van der Waals surface area (Å²) in [5.74, 6) is 0. The van der Waals surface area contributed by atoms with Gasteiger partial charge < -0.3 is 10.5 Å². The SMILES string of the molecule is CC1(CN2C3CCCC2CC(N)C3)CCCO1. The second-order valence-corrected chi connectivity index (χ2v) is 6.54. The molecule has 0 aromatic heterocycles. The quantitative estimate of drug-likeness (QED) is 0.798. The van der Waals surface area contributed by atoms with Gasteiger partial charge in [-0.15, -0.1) is 0 Å². The zero-order valence-electron chi connectivity index (χ0n) is 11.0. The van der Waals surface area contributed by atoms with Crippen LogP contribution in [0.25, 0.3) is 0 Å². The number of hydrogen-bond donors (Lipinski definition) is 1. The third-order valence-electron chi connectivity index (χ3n) is 4.98. The molecule has 2 N–H and O–H groups in total. The van der Waals surface area contributed by atoms with Gasteiger partial charge in [0, 0.05) is 31.3 Å². The van der Waals surface area contributed by atoms with Crippen LogP contribution < -0.4 is 5.73 Å². The second-order valence-electron chi connectivity index (χ2n) is 6.54. The average Bonchev–Trinajstić information content (AvgIpc) is 2.67. The topological polar surface area (TPSA) is 38.5 Å². The molecule has 0 spiro atoms. The summed E-state index contributed by atoms with van der Waals surface area (Å²) in [6, 6.07) is 1.91. The number of nitrogens with two attached hydrogens (primary N) is 1. The number of piperidine rings is 2. The van der Waals surface area contributed by atoms with Crippen molar-refractivity contribution in [1.29, 1.82) is 0 Å². The monoisotopic (exact) mass is 238 g/mol. The third-order valence-corrected chi connectivity index (χ3v) is 4.98. The number of fused-ring (bicyclic) bond motifs is 2. The predicted octanol–water partition coefficient (Wildman–Crippen LogP) is 1.90. The Balaban J connectivity index is 1.69. The van der Waals surface area contributed by atoms with Crippen molar-refractivity contribution >= 4 is 0 Å². The van der Waals surface area contributed by atoms with Crippen molar-refractivity contribution in [3.8, 4) is 0 Å². The first-order chi connectivity index (χ1) is 8.16. The van der Waals surface area contributed by atoms with Gasteiger partial charge in [0.25, 0.3) is 0 Å². The van der Waals surface area contributed by atoms with Crippen molar-refractivity contribution in [2.45, 2.75) is 75.6 Å². The Morgan fingerprint density at radius 1 is 1.24 bits per heavy atom. The molecule has 0 amide bonds. The second kappa shape index (κ2) is 4.52. The molecule has 0 aromatic carbocycles. The maximum atomic E-state index is 6.17. The Hall–Kier alpha value is -0.120. The molecule has 3 aliphatic heterocycles. The van der Waals surface area contributed by atoms with Gasteiger partial charge in [-0.05, 0) is 45.4 Å². The Kier molecular flexibility index (Phi) is 3.18. The normalized spacial score (nSPS) is 47.3. The van der Waals surface area contributed by atoms with Gasteiger partial charge in [-0.25, -0.2) is 0 Å². The van der Waals surface area contributed by atoms with Crippen LogP contribution in [0.4, 0.5) is 0 Å². The summed E-state index contributed by atoms with van der Waals surface area (Å²) in [4.78, 5) is 2.73. The van der Waals surface area contributed by atoms with Gasteiger partial charge in [0.2, 0.25) is 0 Å². The molecule has 3 heterocycles. The molecule has 0 aromatic rings. The Labute approximate surface area is 105 Å². The molecule has 3 aliphatic rings. The van der Waals surface area contributed by atoms with E-state index in [2.05, 4.69) is 11.8 Å². The minimum Gasteiger partial charge on any atom is -0.374 e. The van der Waals surface area contributed by atoms with Crippen LogP contribution in [0, 0.1) is 0 Å². The van der Waals surface area contributed by atoms with Gasteiger partial charge in [-0.3, -0.25) is 4.90 Å². The van der Waals surface area contributed by atoms with E-state index in [1.807, 2.05) is 0 Å². The zero-order valence-corrected chi connectivity index (χ0v) is 11.0. The van der Waals surface area contributed by atoms with E-state index in [1.165, 1.54) is 44.9 Å². The van der Waals surface area contributed by atoms with Crippen molar-refractivity contribution in [2.24, 2.45) is 5.73 Å². The fourth-order valence-corrected chi connectivity index (χ4v) is 4.13. The lowest BCUT2D eigenvalue weighted by Gasteiger charge is -2.50. The minimum atomic E-state index is 0.120. The Morgan fingerprint density at radius 3 is 2.53 bits per heavy atom. The summed E-state index contributed by atoms with van der Waals surface area (Å²) in [5.41, 5.74) is 6.29. The highest BCUT2D eigenvalue weighted by molar-refractivity contribution is 4.97. The number of nitrogens with zero attached hydrogens (tertiary/aromatic N) is 1. The third kappa shape index (κ3) is 2.38. The molecule has 2 bridgehead atoms. The molecule has 3 saturated heterocycles. The molecule has 0 saturated carbocycles. The maximum absolute atomic E-state index is 6.17. The first-order valence-corrected chi connectivity index (χ1v) is 7.32. The summed E-state index contributed by atoms with van der Waals surface area (Å²) in [6.45, 7) is 4.39. The summed E-state index contributed by atoms with van der Waals surface area (Å²) in [7, 11) is 0. The molecule has 17 heavy (non-hydrogen) atoms. The molecule has 3 nitrogen and oxygen atoms in total. The number of ether oxygens (including phenoxy) is 1. The van der Waals surface area contributed by atoms with Crippen molar-refractivity contribution in [1.82, 2.24) is 4.90 Å². The highest BCUT2D eigenvalue weighted by Crippen LogP contribution is 2.36. The largest absolute Gasteiger partial charge is 0.374 e. The standard InChI is InChI=1S/C14H26N2O/c1-14(6-3-7-17-14)10-16-12-4-2-5-13(16)9-11(15)8-12/h11-13H,2-10,15H2,1H3. The minimum absolute atomic E-state index is 0.120. The van der Waals surface area contributed by atoms with Gasteiger partial charge >= 0.3 is 0 Å².